The molecule has 2 aromatic rings. The van der Waals surface area contributed by atoms with Crippen molar-refractivity contribution in [3.63, 3.8) is 0 Å². The molecular weight excluding hydrogens is 365 g/mol. The molecular formula is C24H30FN3O. The van der Waals surface area contributed by atoms with E-state index in [0.717, 1.165) is 24.2 Å². The first kappa shape index (κ1) is 20.9. The van der Waals surface area contributed by atoms with Crippen molar-refractivity contribution >= 4 is 11.6 Å². The van der Waals surface area contributed by atoms with Gasteiger partial charge in [0.15, 0.2) is 0 Å². The number of likely N-dealkylation sites (tertiary alicyclic amines) is 1. The van der Waals surface area contributed by atoms with Crippen molar-refractivity contribution in [3.05, 3.63) is 72.8 Å². The summed E-state index contributed by atoms with van der Waals surface area (Å²) in [5.41, 5.74) is 3.37. The van der Waals surface area contributed by atoms with Crippen LogP contribution in [0.4, 0.5) is 10.1 Å². The monoisotopic (exact) mass is 395 g/mol. The Balaban J connectivity index is 0.000000552. The number of nitrogens with one attached hydrogen (secondary N) is 1. The van der Waals surface area contributed by atoms with E-state index >= 15 is 0 Å². The fourth-order valence-corrected chi connectivity index (χ4v) is 4.06. The van der Waals surface area contributed by atoms with Crippen LogP contribution in [0.5, 0.6) is 0 Å². The van der Waals surface area contributed by atoms with E-state index in [1.807, 2.05) is 43.0 Å². The Morgan fingerprint density at radius 2 is 1.83 bits per heavy atom. The second-order valence-corrected chi connectivity index (χ2v) is 7.59. The Morgan fingerprint density at radius 3 is 2.48 bits per heavy atom. The predicted molar refractivity (Wildman–Crippen MR) is 117 cm³/mol. The molecule has 2 aliphatic heterocycles. The van der Waals surface area contributed by atoms with E-state index in [0.29, 0.717) is 19.4 Å². The largest absolute Gasteiger partial charge is 0.372 e. The van der Waals surface area contributed by atoms with Crippen LogP contribution in [0.2, 0.25) is 0 Å². The van der Waals surface area contributed by atoms with Gasteiger partial charge in [-0.25, -0.2) is 4.39 Å². The summed E-state index contributed by atoms with van der Waals surface area (Å²) in [6, 6.07) is 12.5. The Hall–Kier alpha value is -2.82. The molecule has 0 aliphatic carbocycles. The van der Waals surface area contributed by atoms with Crippen LogP contribution < -0.4 is 5.32 Å². The third kappa shape index (κ3) is 4.14. The molecule has 0 saturated carbocycles. The summed E-state index contributed by atoms with van der Waals surface area (Å²) in [5, 5.41) is 3.74. The van der Waals surface area contributed by atoms with Gasteiger partial charge in [0.2, 0.25) is 5.91 Å². The van der Waals surface area contributed by atoms with Crippen molar-refractivity contribution < 1.29 is 9.18 Å². The Kier molecular flexibility index (Phi) is 6.57. The summed E-state index contributed by atoms with van der Waals surface area (Å²) in [7, 11) is 0. The number of carbonyl (C=O) groups is 1. The topological polar surface area (TPSA) is 37.3 Å². The molecule has 0 radical (unpaired) electrons. The number of halogens is 1. The molecule has 1 aromatic heterocycles. The smallest absolute Gasteiger partial charge is 0.229 e. The molecule has 1 saturated heterocycles. The van der Waals surface area contributed by atoms with Crippen molar-refractivity contribution in [2.45, 2.75) is 39.2 Å². The highest BCUT2D eigenvalue weighted by molar-refractivity contribution is 5.80. The number of fused-ring (bicyclic) bond motifs is 4. The lowest BCUT2D eigenvalue weighted by molar-refractivity contribution is -0.135. The zero-order chi connectivity index (χ0) is 20.9. The fraction of sp³-hybridized carbons (Fsp3) is 0.375. The average molecular weight is 396 g/mol. The van der Waals surface area contributed by atoms with Crippen LogP contribution in [-0.4, -0.2) is 28.5 Å². The van der Waals surface area contributed by atoms with Crippen molar-refractivity contribution in [1.82, 2.24) is 9.47 Å². The lowest BCUT2D eigenvalue weighted by Crippen LogP contribution is -2.51. The number of nitrogens with zero attached hydrogens (tertiary/aromatic N) is 2. The lowest BCUT2D eigenvalue weighted by Gasteiger charge is -2.46. The van der Waals surface area contributed by atoms with E-state index in [1.165, 1.54) is 11.8 Å². The zero-order valence-electron chi connectivity index (χ0n) is 17.4. The first-order valence-corrected chi connectivity index (χ1v) is 10.2. The first-order chi connectivity index (χ1) is 14.1. The molecule has 0 bridgehead atoms. The van der Waals surface area contributed by atoms with Crippen molar-refractivity contribution in [1.29, 1.82) is 0 Å². The summed E-state index contributed by atoms with van der Waals surface area (Å²) >= 11 is 0. The molecule has 154 valence electrons. The molecule has 1 spiro atoms. The lowest BCUT2D eigenvalue weighted by atomic mass is 9.82. The molecule has 1 atom stereocenters. The third-order valence-electron chi connectivity index (χ3n) is 5.79. The minimum absolute atomic E-state index is 0.00431. The van der Waals surface area contributed by atoms with E-state index < -0.39 is 5.92 Å². The minimum Gasteiger partial charge on any atom is -0.372 e. The molecule has 1 unspecified atom stereocenters. The molecule has 4 nitrogen and oxygen atoms in total. The number of carbonyl (C=O) groups excluding carboxylic acids is 1. The van der Waals surface area contributed by atoms with Crippen LogP contribution in [0.1, 0.15) is 39.3 Å². The summed E-state index contributed by atoms with van der Waals surface area (Å²) < 4.78 is 14.6. The summed E-state index contributed by atoms with van der Waals surface area (Å²) in [6.07, 6.45) is 9.54. The number of benzene rings is 1. The van der Waals surface area contributed by atoms with Gasteiger partial charge >= 0.3 is 0 Å². The normalized spacial score (nSPS) is 18.0. The third-order valence-corrected chi connectivity index (χ3v) is 5.79. The van der Waals surface area contributed by atoms with Crippen molar-refractivity contribution in [2.75, 3.05) is 18.4 Å². The Morgan fingerprint density at radius 1 is 1.14 bits per heavy atom. The summed E-state index contributed by atoms with van der Waals surface area (Å²) in [4.78, 5) is 14.3. The van der Waals surface area contributed by atoms with Gasteiger partial charge in [0.1, 0.15) is 0 Å². The van der Waals surface area contributed by atoms with Crippen molar-refractivity contribution in [3.8, 4) is 5.69 Å². The summed E-state index contributed by atoms with van der Waals surface area (Å²) in [5.74, 6) is -0.418. The zero-order valence-corrected chi connectivity index (χ0v) is 17.4. The van der Waals surface area contributed by atoms with Crippen LogP contribution in [0.25, 0.3) is 5.69 Å². The van der Waals surface area contributed by atoms with Crippen LogP contribution in [0.15, 0.2) is 67.2 Å². The average Bonchev–Trinajstić information content (AvgIpc) is 3.26. The Labute approximate surface area is 172 Å². The number of anilines is 1. The summed E-state index contributed by atoms with van der Waals surface area (Å²) in [6.45, 7) is 7.08. The van der Waals surface area contributed by atoms with E-state index in [9.17, 15) is 9.18 Å². The molecule has 5 heteroatoms. The number of piperidine rings is 1. The Bertz CT molecular complexity index is 887. The molecule has 2 aliphatic rings. The second kappa shape index (κ2) is 9.12. The van der Waals surface area contributed by atoms with Gasteiger partial charge in [-0.3, -0.25) is 4.79 Å². The molecule has 1 amide bonds. The maximum Gasteiger partial charge on any atom is 0.229 e. The number of aromatic nitrogens is 1. The van der Waals surface area contributed by atoms with Gasteiger partial charge in [-0.05, 0) is 64.0 Å². The molecule has 29 heavy (non-hydrogen) atoms. The highest BCUT2D eigenvalue weighted by atomic mass is 19.1. The van der Waals surface area contributed by atoms with Crippen LogP contribution in [0.3, 0.4) is 0 Å². The van der Waals surface area contributed by atoms with Gasteiger partial charge in [-0.1, -0.05) is 24.3 Å². The molecule has 3 heterocycles. The number of allylic oxidation sites excluding steroid dienone is 2. The van der Waals surface area contributed by atoms with Gasteiger partial charge in [0.05, 0.1) is 29.2 Å². The standard InChI is InChI=1S/C20H22FN3O.C4H8/c1-15(8-11-21)19(25)23-13-9-20(10-14-23)18-7-4-12-24(18)17-6-3-2-5-16(17)22-20;1-3-4-2/h2-8,11-12,15,22H,9-10,13-14H2,1H3;3-4H,1-2H3/b11-8+;4-3+. The predicted octanol–water partition coefficient (Wildman–Crippen LogP) is 5.42. The highest BCUT2D eigenvalue weighted by Gasteiger charge is 2.42. The molecule has 4 rings (SSSR count). The van der Waals surface area contributed by atoms with E-state index in [4.69, 9.17) is 0 Å². The van der Waals surface area contributed by atoms with Crippen LogP contribution in [-0.2, 0) is 10.3 Å². The van der Waals surface area contributed by atoms with Crippen LogP contribution in [0, 0.1) is 5.92 Å². The molecule has 1 aromatic carbocycles. The van der Waals surface area contributed by atoms with E-state index in [1.54, 1.807) is 6.92 Å². The van der Waals surface area contributed by atoms with Gasteiger partial charge in [0, 0.05) is 25.0 Å². The van der Waals surface area contributed by atoms with Gasteiger partial charge in [-0.2, -0.15) is 0 Å². The van der Waals surface area contributed by atoms with Gasteiger partial charge < -0.3 is 14.8 Å². The quantitative estimate of drug-likeness (QED) is 0.689. The number of amides is 1. The number of rotatable bonds is 2. The number of hydrogen-bond donors (Lipinski definition) is 1. The van der Waals surface area contributed by atoms with Crippen LogP contribution >= 0.6 is 0 Å². The minimum atomic E-state index is -0.414. The highest BCUT2D eigenvalue weighted by Crippen LogP contribution is 2.43. The number of hydrogen-bond acceptors (Lipinski definition) is 2. The second-order valence-electron chi connectivity index (χ2n) is 7.59. The van der Waals surface area contributed by atoms with Gasteiger partial charge in [0.25, 0.3) is 0 Å². The van der Waals surface area contributed by atoms with Crippen molar-refractivity contribution in [2.24, 2.45) is 5.92 Å². The molecule has 1 fully saturated rings. The number of para-hydroxylation sites is 2. The maximum atomic E-state index is 12.4. The molecule has 1 N–H and O–H groups in total. The first-order valence-electron chi connectivity index (χ1n) is 10.2. The SMILES string of the molecule is C/C=C/C.CC(/C=C/F)C(=O)N1CCC2(CC1)Nc1ccccc1-n1cccc12. The fourth-order valence-electron chi connectivity index (χ4n) is 4.06. The van der Waals surface area contributed by atoms with E-state index in [2.05, 4.69) is 40.3 Å². The maximum absolute atomic E-state index is 12.4. The van der Waals surface area contributed by atoms with E-state index in [-0.39, 0.29) is 11.4 Å². The van der Waals surface area contributed by atoms with Gasteiger partial charge in [-0.15, -0.1) is 0 Å².